The van der Waals surface area contributed by atoms with Crippen molar-refractivity contribution in [1.82, 2.24) is 9.97 Å². The van der Waals surface area contributed by atoms with Crippen molar-refractivity contribution in [1.29, 1.82) is 0 Å². The predicted molar refractivity (Wildman–Crippen MR) is 149 cm³/mol. The van der Waals surface area contributed by atoms with Crippen LogP contribution in [0.2, 0.25) is 0 Å². The second kappa shape index (κ2) is 10.5. The smallest absolute Gasteiger partial charge is 0.214 e. The summed E-state index contributed by atoms with van der Waals surface area (Å²) in [6.45, 7) is 3.67. The third-order valence-electron chi connectivity index (χ3n) is 7.58. The highest BCUT2D eigenvalue weighted by molar-refractivity contribution is 5.88. The van der Waals surface area contributed by atoms with Gasteiger partial charge in [0.25, 0.3) is 0 Å². The number of rotatable bonds is 10. The molecule has 0 saturated carbocycles. The van der Waals surface area contributed by atoms with E-state index < -0.39 is 11.8 Å². The maximum atomic E-state index is 11.7. The number of aromatic nitrogens is 2. The minimum atomic E-state index is -0.450. The Morgan fingerprint density at radius 3 is 1.39 bits per heavy atom. The topological polar surface area (TPSA) is 118 Å². The summed E-state index contributed by atoms with van der Waals surface area (Å²) < 4.78 is 0. The molecule has 2 unspecified atom stereocenters. The van der Waals surface area contributed by atoms with Gasteiger partial charge in [-0.05, 0) is 46.2 Å². The number of H-pyrrole nitrogens is 2. The Balaban J connectivity index is 1.55. The van der Waals surface area contributed by atoms with Gasteiger partial charge >= 0.3 is 0 Å². The van der Waals surface area contributed by atoms with Gasteiger partial charge in [-0.15, -0.1) is 0 Å². The first kappa shape index (κ1) is 25.2. The van der Waals surface area contributed by atoms with Crippen LogP contribution < -0.4 is 0 Å². The standard InChI is InChI=1S/C30H30N4O4/c1-3-19-7-5-9-23-25(15-31-29(19)23)27(17-33(35)36)21-11-13-22(14-12-21)28(18-34(37)38)26-16-32-30-20(4-2)8-6-10-24(26)30/h5-16,27-28,31-32H,3-4,17-18H2,1-2H3. The Labute approximate surface area is 220 Å². The molecule has 0 saturated heterocycles. The number of para-hydroxylation sites is 2. The van der Waals surface area contributed by atoms with Gasteiger partial charge in [-0.25, -0.2) is 0 Å². The summed E-state index contributed by atoms with van der Waals surface area (Å²) in [5.41, 5.74) is 7.71. The molecule has 0 aliphatic carbocycles. The van der Waals surface area contributed by atoms with E-state index in [1.165, 1.54) is 0 Å². The molecule has 194 valence electrons. The van der Waals surface area contributed by atoms with E-state index in [0.29, 0.717) is 0 Å². The number of benzene rings is 3. The Morgan fingerprint density at radius 2 is 1.05 bits per heavy atom. The molecule has 5 aromatic rings. The molecule has 0 radical (unpaired) electrons. The van der Waals surface area contributed by atoms with Crippen LogP contribution in [0.4, 0.5) is 0 Å². The maximum absolute atomic E-state index is 11.7. The van der Waals surface area contributed by atoms with Gasteiger partial charge in [-0.3, -0.25) is 20.2 Å². The second-order valence-electron chi connectivity index (χ2n) is 9.68. The van der Waals surface area contributed by atoms with Gasteiger partial charge in [0.2, 0.25) is 13.1 Å². The number of nitrogens with one attached hydrogen (secondary N) is 2. The fourth-order valence-electron chi connectivity index (χ4n) is 5.67. The molecular formula is C30H30N4O4. The minimum absolute atomic E-state index is 0.247. The number of fused-ring (bicyclic) bond motifs is 2. The predicted octanol–water partition coefficient (Wildman–Crippen LogP) is 6.59. The Hall–Kier alpha value is -4.46. The Bertz CT molecular complexity index is 1500. The van der Waals surface area contributed by atoms with Gasteiger partial charge in [0.05, 0.1) is 11.8 Å². The molecule has 5 rings (SSSR count). The maximum Gasteiger partial charge on any atom is 0.214 e. The second-order valence-corrected chi connectivity index (χ2v) is 9.68. The summed E-state index contributed by atoms with van der Waals surface area (Å²) in [6.07, 6.45) is 5.46. The molecule has 38 heavy (non-hydrogen) atoms. The molecule has 0 aliphatic heterocycles. The van der Waals surface area contributed by atoms with Crippen molar-refractivity contribution in [3.05, 3.63) is 127 Å². The monoisotopic (exact) mass is 510 g/mol. The number of hydrogen-bond acceptors (Lipinski definition) is 4. The van der Waals surface area contributed by atoms with Crippen molar-refractivity contribution in [3.8, 4) is 0 Å². The fourth-order valence-corrected chi connectivity index (χ4v) is 5.67. The van der Waals surface area contributed by atoms with E-state index in [-0.39, 0.29) is 22.9 Å². The molecule has 3 aromatic carbocycles. The van der Waals surface area contributed by atoms with E-state index in [1.807, 2.05) is 60.9 Å². The van der Waals surface area contributed by atoms with Gasteiger partial charge < -0.3 is 9.97 Å². The van der Waals surface area contributed by atoms with E-state index in [2.05, 4.69) is 35.9 Å². The highest BCUT2D eigenvalue weighted by Gasteiger charge is 2.27. The van der Waals surface area contributed by atoms with E-state index in [4.69, 9.17) is 0 Å². The summed E-state index contributed by atoms with van der Waals surface area (Å²) >= 11 is 0. The minimum Gasteiger partial charge on any atom is -0.361 e. The molecule has 0 bridgehead atoms. The number of aryl methyl sites for hydroxylation is 2. The van der Waals surface area contributed by atoms with E-state index in [9.17, 15) is 20.2 Å². The normalized spacial score (nSPS) is 13.1. The summed E-state index contributed by atoms with van der Waals surface area (Å²) in [6, 6.07) is 19.6. The molecule has 2 heterocycles. The third kappa shape index (κ3) is 4.65. The number of hydrogen-bond donors (Lipinski definition) is 2. The van der Waals surface area contributed by atoms with E-state index in [0.717, 1.165) is 68.0 Å². The van der Waals surface area contributed by atoms with Crippen LogP contribution in [-0.2, 0) is 12.8 Å². The van der Waals surface area contributed by atoms with Crippen LogP contribution in [0.5, 0.6) is 0 Å². The van der Waals surface area contributed by atoms with Gasteiger partial charge in [0.15, 0.2) is 0 Å². The van der Waals surface area contributed by atoms with Crippen molar-refractivity contribution < 1.29 is 9.85 Å². The molecule has 0 spiro atoms. The molecule has 0 amide bonds. The lowest BCUT2D eigenvalue weighted by atomic mass is 9.86. The van der Waals surface area contributed by atoms with Crippen LogP contribution >= 0.6 is 0 Å². The van der Waals surface area contributed by atoms with Crippen LogP contribution in [0.3, 0.4) is 0 Å². The van der Waals surface area contributed by atoms with Crippen LogP contribution in [-0.4, -0.2) is 32.9 Å². The quantitative estimate of drug-likeness (QED) is 0.163. The largest absolute Gasteiger partial charge is 0.361 e. The van der Waals surface area contributed by atoms with Gasteiger partial charge in [0.1, 0.15) is 0 Å². The lowest BCUT2D eigenvalue weighted by Crippen LogP contribution is -2.15. The van der Waals surface area contributed by atoms with Crippen LogP contribution in [0, 0.1) is 20.2 Å². The number of nitro groups is 2. The zero-order valence-corrected chi connectivity index (χ0v) is 21.4. The summed E-state index contributed by atoms with van der Waals surface area (Å²) in [7, 11) is 0. The molecular weight excluding hydrogens is 480 g/mol. The lowest BCUT2D eigenvalue weighted by molar-refractivity contribution is -0.482. The number of aromatic amines is 2. The average Bonchev–Trinajstić information content (AvgIpc) is 3.55. The van der Waals surface area contributed by atoms with Crippen molar-refractivity contribution in [2.24, 2.45) is 0 Å². The van der Waals surface area contributed by atoms with Crippen LogP contribution in [0.25, 0.3) is 21.8 Å². The SMILES string of the molecule is CCc1cccc2c(C(C[N+](=O)[O-])c3ccc(C(C[N+](=O)[O-])c4c[nH]c5c(CC)cccc45)cc3)c[nH]c12. The molecule has 0 fully saturated rings. The van der Waals surface area contributed by atoms with Gasteiger partial charge in [-0.1, -0.05) is 74.5 Å². The summed E-state index contributed by atoms with van der Waals surface area (Å²) in [5.74, 6) is -0.900. The van der Waals surface area contributed by atoms with E-state index >= 15 is 0 Å². The first-order valence-electron chi connectivity index (χ1n) is 12.9. The first-order valence-corrected chi connectivity index (χ1v) is 12.9. The van der Waals surface area contributed by atoms with E-state index in [1.54, 1.807) is 0 Å². The molecule has 2 atom stereocenters. The van der Waals surface area contributed by atoms with Gasteiger partial charge in [-0.2, -0.15) is 0 Å². The Kier molecular flexibility index (Phi) is 6.96. The van der Waals surface area contributed by atoms with Crippen LogP contribution in [0.1, 0.15) is 59.1 Å². The van der Waals surface area contributed by atoms with Crippen molar-refractivity contribution in [2.45, 2.75) is 38.5 Å². The molecule has 8 nitrogen and oxygen atoms in total. The van der Waals surface area contributed by atoms with Gasteiger partial charge in [0, 0.05) is 44.0 Å². The molecule has 0 aliphatic rings. The zero-order chi connectivity index (χ0) is 26.8. The number of nitrogens with zero attached hydrogens (tertiary/aromatic N) is 2. The first-order chi connectivity index (χ1) is 18.4. The average molecular weight is 511 g/mol. The van der Waals surface area contributed by atoms with Crippen molar-refractivity contribution in [3.63, 3.8) is 0 Å². The third-order valence-corrected chi connectivity index (χ3v) is 7.58. The fraction of sp³-hybridized carbons (Fsp3) is 0.267. The molecule has 2 aromatic heterocycles. The van der Waals surface area contributed by atoms with Crippen molar-refractivity contribution >= 4 is 21.8 Å². The summed E-state index contributed by atoms with van der Waals surface area (Å²) in [4.78, 5) is 29.5. The van der Waals surface area contributed by atoms with Crippen molar-refractivity contribution in [2.75, 3.05) is 13.1 Å². The van der Waals surface area contributed by atoms with Crippen LogP contribution in [0.15, 0.2) is 73.1 Å². The zero-order valence-electron chi connectivity index (χ0n) is 21.4. The molecule has 8 heteroatoms. The molecule has 2 N–H and O–H groups in total. The lowest BCUT2D eigenvalue weighted by Gasteiger charge is -2.17. The highest BCUT2D eigenvalue weighted by Crippen LogP contribution is 2.36. The summed E-state index contributed by atoms with van der Waals surface area (Å²) in [5, 5.41) is 25.3. The highest BCUT2D eigenvalue weighted by atomic mass is 16.6. The Morgan fingerprint density at radius 1 is 0.658 bits per heavy atom.